The summed E-state index contributed by atoms with van der Waals surface area (Å²) in [5, 5.41) is 14.6. The number of amides is 2. The Kier molecular flexibility index (Phi) is 7.24. The molecule has 6 nitrogen and oxygen atoms in total. The van der Waals surface area contributed by atoms with E-state index in [2.05, 4.69) is 10.6 Å². The summed E-state index contributed by atoms with van der Waals surface area (Å²) in [7, 11) is 0. The molecule has 156 valence electrons. The lowest BCUT2D eigenvalue weighted by atomic mass is 9.82. The van der Waals surface area contributed by atoms with Crippen LogP contribution in [0.15, 0.2) is 65.6 Å². The number of hydrogen-bond acceptors (Lipinski definition) is 4. The van der Waals surface area contributed by atoms with Gasteiger partial charge in [0.05, 0.1) is 23.3 Å². The molecule has 8 heteroatoms. The number of carboxylic acid groups (broad SMARTS) is 1. The van der Waals surface area contributed by atoms with E-state index in [4.69, 9.17) is 0 Å². The number of carbonyl (C=O) groups excluding carboxylic acids is 2. The van der Waals surface area contributed by atoms with Crippen LogP contribution in [-0.2, 0) is 14.4 Å². The highest BCUT2D eigenvalue weighted by Gasteiger charge is 2.33. The van der Waals surface area contributed by atoms with E-state index in [0.717, 1.165) is 4.90 Å². The van der Waals surface area contributed by atoms with Crippen molar-refractivity contribution in [3.8, 4) is 0 Å². The van der Waals surface area contributed by atoms with Gasteiger partial charge in [0.1, 0.15) is 5.82 Å². The van der Waals surface area contributed by atoms with Gasteiger partial charge in [-0.1, -0.05) is 24.3 Å². The van der Waals surface area contributed by atoms with Crippen LogP contribution in [-0.4, -0.2) is 28.6 Å². The number of benzene rings is 2. The van der Waals surface area contributed by atoms with Crippen molar-refractivity contribution in [2.24, 2.45) is 11.8 Å². The van der Waals surface area contributed by atoms with Crippen LogP contribution in [0.4, 0.5) is 15.8 Å². The van der Waals surface area contributed by atoms with Crippen molar-refractivity contribution in [1.29, 1.82) is 0 Å². The molecular weight excluding hydrogens is 407 g/mol. The monoisotopic (exact) mass is 428 g/mol. The molecule has 0 radical (unpaired) electrons. The Morgan fingerprint density at radius 2 is 1.63 bits per heavy atom. The maximum absolute atomic E-state index is 13.6. The Bertz CT molecular complexity index is 962. The minimum Gasteiger partial charge on any atom is -0.481 e. The normalized spacial score (nSPS) is 17.9. The van der Waals surface area contributed by atoms with Gasteiger partial charge >= 0.3 is 5.97 Å². The zero-order valence-electron chi connectivity index (χ0n) is 16.0. The van der Waals surface area contributed by atoms with Crippen LogP contribution in [0.1, 0.15) is 12.8 Å². The number of carbonyl (C=O) groups is 3. The maximum Gasteiger partial charge on any atom is 0.307 e. The van der Waals surface area contributed by atoms with E-state index in [1.807, 2.05) is 6.08 Å². The summed E-state index contributed by atoms with van der Waals surface area (Å²) in [6.07, 6.45) is 4.36. The van der Waals surface area contributed by atoms with Gasteiger partial charge in [0, 0.05) is 10.6 Å². The molecule has 3 rings (SSSR count). The van der Waals surface area contributed by atoms with Crippen LogP contribution in [0, 0.1) is 17.7 Å². The predicted molar refractivity (Wildman–Crippen MR) is 114 cm³/mol. The van der Waals surface area contributed by atoms with E-state index in [-0.39, 0.29) is 23.3 Å². The highest BCUT2D eigenvalue weighted by Crippen LogP contribution is 2.28. The fraction of sp³-hybridized carbons (Fsp3) is 0.227. The number of carboxylic acids is 1. The molecule has 0 fully saturated rings. The van der Waals surface area contributed by atoms with E-state index >= 15 is 0 Å². The van der Waals surface area contributed by atoms with Gasteiger partial charge in [0.2, 0.25) is 11.8 Å². The SMILES string of the molecule is O=C(CSc1ccc(NC(=O)C2CC=CCC2C(=O)O)cc1)Nc1ccccc1F. The van der Waals surface area contributed by atoms with Crippen LogP contribution >= 0.6 is 11.8 Å². The molecule has 0 bridgehead atoms. The average molecular weight is 428 g/mol. The minimum atomic E-state index is -0.972. The third kappa shape index (κ3) is 5.70. The maximum atomic E-state index is 13.6. The van der Waals surface area contributed by atoms with Crippen LogP contribution in [0.25, 0.3) is 0 Å². The van der Waals surface area contributed by atoms with Crippen molar-refractivity contribution in [3.63, 3.8) is 0 Å². The molecule has 0 heterocycles. The second kappa shape index (κ2) is 10.1. The molecule has 0 aromatic heterocycles. The Labute approximate surface area is 177 Å². The van der Waals surface area contributed by atoms with Gasteiger partial charge < -0.3 is 15.7 Å². The number of nitrogens with one attached hydrogen (secondary N) is 2. The first-order valence-electron chi connectivity index (χ1n) is 9.40. The van der Waals surface area contributed by atoms with Crippen molar-refractivity contribution in [2.75, 3.05) is 16.4 Å². The third-order valence-corrected chi connectivity index (χ3v) is 5.74. The molecule has 30 heavy (non-hydrogen) atoms. The first kappa shape index (κ1) is 21.6. The Hall–Kier alpha value is -3.13. The lowest BCUT2D eigenvalue weighted by Gasteiger charge is -2.24. The Balaban J connectivity index is 1.51. The minimum absolute atomic E-state index is 0.106. The van der Waals surface area contributed by atoms with Gasteiger partial charge in [-0.25, -0.2) is 4.39 Å². The molecule has 2 aromatic carbocycles. The van der Waals surface area contributed by atoms with Crippen molar-refractivity contribution >= 4 is 40.9 Å². The molecule has 3 N–H and O–H groups in total. The first-order chi connectivity index (χ1) is 14.4. The lowest BCUT2D eigenvalue weighted by Crippen LogP contribution is -2.34. The first-order valence-corrected chi connectivity index (χ1v) is 10.4. The molecule has 0 saturated carbocycles. The van der Waals surface area contributed by atoms with Gasteiger partial charge in [-0.15, -0.1) is 11.8 Å². The average Bonchev–Trinajstić information content (AvgIpc) is 2.75. The largest absolute Gasteiger partial charge is 0.481 e. The topological polar surface area (TPSA) is 95.5 Å². The molecule has 2 amide bonds. The molecular formula is C22H21FN2O4S. The van der Waals surface area contributed by atoms with Gasteiger partial charge in [-0.2, -0.15) is 0 Å². The third-order valence-electron chi connectivity index (χ3n) is 4.73. The van der Waals surface area contributed by atoms with Gasteiger partial charge in [0.25, 0.3) is 0 Å². The Morgan fingerprint density at radius 1 is 0.967 bits per heavy atom. The van der Waals surface area contributed by atoms with Crippen molar-refractivity contribution in [3.05, 3.63) is 66.5 Å². The van der Waals surface area contributed by atoms with Gasteiger partial charge in [-0.05, 0) is 49.2 Å². The molecule has 2 aromatic rings. The highest BCUT2D eigenvalue weighted by atomic mass is 32.2. The Morgan fingerprint density at radius 3 is 2.30 bits per heavy atom. The molecule has 2 unspecified atom stereocenters. The molecule has 0 aliphatic heterocycles. The van der Waals surface area contributed by atoms with Gasteiger partial charge in [0.15, 0.2) is 0 Å². The molecule has 1 aliphatic carbocycles. The molecule has 1 aliphatic rings. The number of hydrogen-bond donors (Lipinski definition) is 3. The molecule has 0 spiro atoms. The summed E-state index contributed by atoms with van der Waals surface area (Å²) < 4.78 is 13.6. The van der Waals surface area contributed by atoms with E-state index < -0.39 is 23.6 Å². The standard InChI is InChI=1S/C22H21FN2O4S/c23-18-7-3-4-8-19(18)25-20(26)13-30-15-11-9-14(10-12-15)24-21(27)16-5-1-2-6-17(16)22(28)29/h1-4,7-12,16-17H,5-6,13H2,(H,24,27)(H,25,26)(H,28,29). The number of anilines is 2. The summed E-state index contributed by atoms with van der Waals surface area (Å²) in [6, 6.07) is 12.9. The summed E-state index contributed by atoms with van der Waals surface area (Å²) in [6.45, 7) is 0. The number of allylic oxidation sites excluding steroid dienone is 2. The second-order valence-electron chi connectivity index (χ2n) is 6.82. The fourth-order valence-electron chi connectivity index (χ4n) is 3.14. The summed E-state index contributed by atoms with van der Waals surface area (Å²) >= 11 is 1.28. The number of halogens is 1. The zero-order valence-corrected chi connectivity index (χ0v) is 16.8. The predicted octanol–water partition coefficient (Wildman–Crippen LogP) is 4.16. The summed E-state index contributed by atoms with van der Waals surface area (Å²) in [4.78, 5) is 36.7. The van der Waals surface area contributed by atoms with Crippen LogP contribution in [0.2, 0.25) is 0 Å². The van der Waals surface area contributed by atoms with Crippen molar-refractivity contribution in [1.82, 2.24) is 0 Å². The highest BCUT2D eigenvalue weighted by molar-refractivity contribution is 8.00. The van der Waals surface area contributed by atoms with Crippen molar-refractivity contribution < 1.29 is 23.9 Å². The number of para-hydroxylation sites is 1. The summed E-state index contributed by atoms with van der Waals surface area (Å²) in [5.41, 5.74) is 0.692. The smallest absolute Gasteiger partial charge is 0.307 e. The number of rotatable bonds is 7. The number of thioether (sulfide) groups is 1. The van der Waals surface area contributed by atoms with Crippen molar-refractivity contribution in [2.45, 2.75) is 17.7 Å². The van der Waals surface area contributed by atoms with Crippen LogP contribution in [0.5, 0.6) is 0 Å². The molecule has 0 saturated heterocycles. The summed E-state index contributed by atoms with van der Waals surface area (Å²) in [5.74, 6) is -3.34. The van der Waals surface area contributed by atoms with E-state index in [1.54, 1.807) is 42.5 Å². The quantitative estimate of drug-likeness (QED) is 0.455. The van der Waals surface area contributed by atoms with E-state index in [0.29, 0.717) is 18.5 Å². The van der Waals surface area contributed by atoms with E-state index in [9.17, 15) is 23.9 Å². The lowest BCUT2D eigenvalue weighted by molar-refractivity contribution is -0.146. The molecule has 2 atom stereocenters. The fourth-order valence-corrected chi connectivity index (χ4v) is 3.84. The van der Waals surface area contributed by atoms with Crippen LogP contribution < -0.4 is 10.6 Å². The van der Waals surface area contributed by atoms with Gasteiger partial charge in [-0.3, -0.25) is 14.4 Å². The number of aliphatic carboxylic acids is 1. The zero-order chi connectivity index (χ0) is 21.5. The van der Waals surface area contributed by atoms with Crippen LogP contribution in [0.3, 0.4) is 0 Å². The second-order valence-corrected chi connectivity index (χ2v) is 7.87. The van der Waals surface area contributed by atoms with E-state index in [1.165, 1.54) is 23.9 Å².